The minimum Gasteiger partial charge on any atom is -0.456 e. The van der Waals surface area contributed by atoms with Crippen molar-refractivity contribution in [3.8, 4) is 33.4 Å². The first-order valence-electron chi connectivity index (χ1n) is 21.0. The van der Waals surface area contributed by atoms with Gasteiger partial charge in [-0.1, -0.05) is 182 Å². The Bertz CT molecular complexity index is 3360. The molecule has 0 fully saturated rings. The summed E-state index contributed by atoms with van der Waals surface area (Å²) < 4.78 is 6.47. The van der Waals surface area contributed by atoms with Gasteiger partial charge >= 0.3 is 0 Å². The van der Waals surface area contributed by atoms with Crippen molar-refractivity contribution in [2.45, 2.75) is 5.41 Å². The summed E-state index contributed by atoms with van der Waals surface area (Å²) in [5, 5.41) is 4.61. The number of hydrogen-bond donors (Lipinski definition) is 0. The van der Waals surface area contributed by atoms with Crippen LogP contribution in [0.1, 0.15) is 22.3 Å². The standard InChI is InChI=1S/C59H39NO/c1-4-16-40(17-5-1)41-28-31-47(32-29-41)60(56-27-15-13-24-49(56)44-30-35-57-52(37-44)53-36-42-18-10-11-19-43(42)38-58(53)61-57)48-33-34-51-50-25-12-14-26-54(50)59(55(51)39-48,45-20-6-2-7-21-45)46-22-8-3-9-23-46/h1-39H. The highest BCUT2D eigenvalue weighted by Crippen LogP contribution is 2.57. The van der Waals surface area contributed by atoms with E-state index in [-0.39, 0.29) is 0 Å². The topological polar surface area (TPSA) is 16.4 Å². The maximum Gasteiger partial charge on any atom is 0.136 e. The molecule has 0 saturated heterocycles. The Morgan fingerprint density at radius 3 is 1.61 bits per heavy atom. The van der Waals surface area contributed by atoms with E-state index in [9.17, 15) is 0 Å². The molecule has 0 spiro atoms. The van der Waals surface area contributed by atoms with Gasteiger partial charge in [0.2, 0.25) is 0 Å². The second-order valence-corrected chi connectivity index (χ2v) is 16.0. The van der Waals surface area contributed by atoms with E-state index >= 15 is 0 Å². The fourth-order valence-corrected chi connectivity index (χ4v) is 9.97. The van der Waals surface area contributed by atoms with E-state index in [1.54, 1.807) is 0 Å². The van der Waals surface area contributed by atoms with Crippen molar-refractivity contribution in [3.05, 3.63) is 259 Å². The minimum atomic E-state index is -0.523. The van der Waals surface area contributed by atoms with E-state index < -0.39 is 5.41 Å². The largest absolute Gasteiger partial charge is 0.456 e. The average Bonchev–Trinajstić information content (AvgIpc) is 3.84. The van der Waals surface area contributed by atoms with Crippen molar-refractivity contribution >= 4 is 49.8 Å². The SMILES string of the molecule is c1ccc(-c2ccc(N(c3ccc4c(c3)C(c3ccccc3)(c3ccccc3)c3ccccc3-4)c3ccccc3-c3ccc4oc5cc6ccccc6cc5c4c3)cc2)cc1. The molecule has 10 aromatic carbocycles. The molecule has 1 aliphatic carbocycles. The summed E-state index contributed by atoms with van der Waals surface area (Å²) in [4.78, 5) is 2.44. The fraction of sp³-hybridized carbons (Fsp3) is 0.0169. The number of benzene rings is 10. The minimum absolute atomic E-state index is 0.523. The molecule has 1 heterocycles. The van der Waals surface area contributed by atoms with Crippen LogP contribution in [0.2, 0.25) is 0 Å². The number of furan rings is 1. The summed E-state index contributed by atoms with van der Waals surface area (Å²) in [6, 6.07) is 86.2. The molecule has 61 heavy (non-hydrogen) atoms. The first-order valence-corrected chi connectivity index (χ1v) is 21.0. The highest BCUT2D eigenvalue weighted by molar-refractivity contribution is 6.11. The maximum atomic E-state index is 6.47. The van der Waals surface area contributed by atoms with E-state index in [0.29, 0.717) is 0 Å². The molecule has 12 rings (SSSR count). The lowest BCUT2D eigenvalue weighted by atomic mass is 9.67. The lowest BCUT2D eigenvalue weighted by Gasteiger charge is -2.35. The van der Waals surface area contributed by atoms with Crippen LogP contribution in [0.5, 0.6) is 0 Å². The molecule has 0 N–H and O–H groups in total. The molecule has 0 unspecified atom stereocenters. The molecule has 2 nitrogen and oxygen atoms in total. The van der Waals surface area contributed by atoms with Crippen LogP contribution in [0, 0.1) is 0 Å². The Kier molecular flexibility index (Phi) is 8.11. The lowest BCUT2D eigenvalue weighted by Crippen LogP contribution is -2.28. The van der Waals surface area contributed by atoms with Crippen molar-refractivity contribution in [1.82, 2.24) is 0 Å². The average molecular weight is 778 g/mol. The van der Waals surface area contributed by atoms with Crippen molar-refractivity contribution in [2.75, 3.05) is 4.90 Å². The first kappa shape index (κ1) is 35.0. The summed E-state index contributed by atoms with van der Waals surface area (Å²) >= 11 is 0. The number of nitrogens with zero attached hydrogens (tertiary/aromatic N) is 1. The van der Waals surface area contributed by atoms with Crippen LogP contribution in [-0.4, -0.2) is 0 Å². The van der Waals surface area contributed by atoms with Gasteiger partial charge in [-0.05, 0) is 115 Å². The van der Waals surface area contributed by atoms with Gasteiger partial charge in [0, 0.05) is 27.7 Å². The van der Waals surface area contributed by atoms with E-state index in [0.717, 1.165) is 50.1 Å². The Morgan fingerprint density at radius 2 is 0.869 bits per heavy atom. The van der Waals surface area contributed by atoms with Crippen LogP contribution >= 0.6 is 0 Å². The van der Waals surface area contributed by atoms with Gasteiger partial charge < -0.3 is 9.32 Å². The normalized spacial score (nSPS) is 12.7. The van der Waals surface area contributed by atoms with Gasteiger partial charge in [0.05, 0.1) is 11.1 Å². The predicted octanol–water partition coefficient (Wildman–Crippen LogP) is 15.9. The Labute approximate surface area is 355 Å². The number of para-hydroxylation sites is 1. The molecule has 286 valence electrons. The first-order chi connectivity index (χ1) is 30.2. The zero-order valence-corrected chi connectivity index (χ0v) is 33.4. The van der Waals surface area contributed by atoms with Crippen LogP contribution in [0.3, 0.4) is 0 Å². The van der Waals surface area contributed by atoms with Crippen LogP contribution in [0.25, 0.3) is 66.1 Å². The van der Waals surface area contributed by atoms with Gasteiger partial charge in [-0.2, -0.15) is 0 Å². The third-order valence-electron chi connectivity index (χ3n) is 12.7. The van der Waals surface area contributed by atoms with Crippen LogP contribution in [0.15, 0.2) is 241 Å². The van der Waals surface area contributed by atoms with Crippen molar-refractivity contribution in [2.24, 2.45) is 0 Å². The quantitative estimate of drug-likeness (QED) is 0.160. The number of rotatable bonds is 7. The van der Waals surface area contributed by atoms with E-state index in [2.05, 4.69) is 241 Å². The van der Waals surface area contributed by atoms with E-state index in [4.69, 9.17) is 4.42 Å². The molecule has 0 atom stereocenters. The lowest BCUT2D eigenvalue weighted by molar-refractivity contribution is 0.669. The van der Waals surface area contributed by atoms with Crippen molar-refractivity contribution < 1.29 is 4.42 Å². The summed E-state index contributed by atoms with van der Waals surface area (Å²) in [6.45, 7) is 0. The summed E-state index contributed by atoms with van der Waals surface area (Å²) in [6.07, 6.45) is 0. The zero-order chi connectivity index (χ0) is 40.3. The van der Waals surface area contributed by atoms with Crippen LogP contribution < -0.4 is 4.90 Å². The van der Waals surface area contributed by atoms with Crippen molar-refractivity contribution in [1.29, 1.82) is 0 Å². The monoisotopic (exact) mass is 777 g/mol. The van der Waals surface area contributed by atoms with Gasteiger partial charge in [0.15, 0.2) is 0 Å². The maximum absolute atomic E-state index is 6.47. The molecule has 11 aromatic rings. The zero-order valence-electron chi connectivity index (χ0n) is 33.4. The molecule has 0 bridgehead atoms. The number of anilines is 3. The Balaban J connectivity index is 1.09. The molecular formula is C59H39NO. The van der Waals surface area contributed by atoms with E-state index in [1.807, 2.05) is 0 Å². The fourth-order valence-electron chi connectivity index (χ4n) is 9.97. The smallest absolute Gasteiger partial charge is 0.136 e. The number of hydrogen-bond acceptors (Lipinski definition) is 2. The molecule has 1 aliphatic rings. The third kappa shape index (κ3) is 5.57. The molecule has 0 amide bonds. The highest BCUT2D eigenvalue weighted by Gasteiger charge is 2.46. The van der Waals surface area contributed by atoms with Crippen LogP contribution in [-0.2, 0) is 5.41 Å². The molecule has 0 radical (unpaired) electrons. The summed E-state index contributed by atoms with van der Waals surface area (Å²) in [7, 11) is 0. The van der Waals surface area contributed by atoms with Gasteiger partial charge in [0.1, 0.15) is 11.2 Å². The van der Waals surface area contributed by atoms with Gasteiger partial charge in [-0.3, -0.25) is 0 Å². The molecule has 2 heteroatoms. The molecule has 1 aromatic heterocycles. The van der Waals surface area contributed by atoms with Crippen molar-refractivity contribution in [3.63, 3.8) is 0 Å². The van der Waals surface area contributed by atoms with Gasteiger partial charge in [0.25, 0.3) is 0 Å². The Morgan fingerprint density at radius 1 is 0.328 bits per heavy atom. The Hall–Kier alpha value is -7.94. The van der Waals surface area contributed by atoms with Gasteiger partial charge in [-0.25, -0.2) is 0 Å². The molecular weight excluding hydrogens is 739 g/mol. The third-order valence-corrected chi connectivity index (χ3v) is 12.7. The second kappa shape index (κ2) is 14.1. The van der Waals surface area contributed by atoms with Crippen LogP contribution in [0.4, 0.5) is 17.1 Å². The summed E-state index contributed by atoms with van der Waals surface area (Å²) in [5.74, 6) is 0. The van der Waals surface area contributed by atoms with Gasteiger partial charge in [-0.15, -0.1) is 0 Å². The molecule has 0 saturated carbocycles. The highest BCUT2D eigenvalue weighted by atomic mass is 16.3. The number of fused-ring (bicyclic) bond motifs is 7. The predicted molar refractivity (Wildman–Crippen MR) is 254 cm³/mol. The molecule has 0 aliphatic heterocycles. The van der Waals surface area contributed by atoms with E-state index in [1.165, 1.54) is 55.3 Å². The second-order valence-electron chi connectivity index (χ2n) is 16.0. The summed E-state index contributed by atoms with van der Waals surface area (Å²) in [5.41, 5.74) is 16.7.